The summed E-state index contributed by atoms with van der Waals surface area (Å²) in [6.45, 7) is 14.5. The molecule has 0 atom stereocenters. The summed E-state index contributed by atoms with van der Waals surface area (Å²) in [6.07, 6.45) is 1.94. The molecule has 2 N–H and O–H groups in total. The highest BCUT2D eigenvalue weighted by Gasteiger charge is 2.28. The Bertz CT molecular complexity index is 918. The van der Waals surface area contributed by atoms with E-state index >= 15 is 0 Å². The van der Waals surface area contributed by atoms with E-state index in [0.29, 0.717) is 11.3 Å². The Kier molecular flexibility index (Phi) is 4.46. The summed E-state index contributed by atoms with van der Waals surface area (Å²) in [6, 6.07) is 9.94. The number of carbonyl (C=O) groups excluding carboxylic acids is 1. The molecule has 27 heavy (non-hydrogen) atoms. The van der Waals surface area contributed by atoms with E-state index in [9.17, 15) is 9.90 Å². The van der Waals surface area contributed by atoms with Gasteiger partial charge in [0.1, 0.15) is 5.75 Å². The summed E-state index contributed by atoms with van der Waals surface area (Å²) in [5, 5.41) is 13.9. The van der Waals surface area contributed by atoms with E-state index in [0.717, 1.165) is 33.5 Å². The fourth-order valence-corrected chi connectivity index (χ4v) is 3.55. The Hall–Kier alpha value is -2.55. The molecule has 0 spiro atoms. The molecule has 3 heteroatoms. The fraction of sp³-hybridized carbons (Fsp3) is 0.375. The van der Waals surface area contributed by atoms with Gasteiger partial charge in [0.05, 0.1) is 5.69 Å². The third-order valence-corrected chi connectivity index (χ3v) is 5.11. The van der Waals surface area contributed by atoms with Crippen LogP contribution in [0.4, 0.5) is 5.69 Å². The lowest BCUT2D eigenvalue weighted by Crippen LogP contribution is -2.17. The predicted octanol–water partition coefficient (Wildman–Crippen LogP) is 5.79. The van der Waals surface area contributed by atoms with E-state index < -0.39 is 0 Å². The Morgan fingerprint density at radius 3 is 2.04 bits per heavy atom. The Balaban J connectivity index is 2.23. The van der Waals surface area contributed by atoms with Crippen molar-refractivity contribution in [3.63, 3.8) is 0 Å². The molecule has 0 aliphatic carbocycles. The monoisotopic (exact) mass is 363 g/mol. The average Bonchev–Trinajstić information content (AvgIpc) is 2.84. The number of rotatable bonds is 1. The lowest BCUT2D eigenvalue weighted by atomic mass is 9.78. The third kappa shape index (κ3) is 3.51. The minimum absolute atomic E-state index is 0.0815. The van der Waals surface area contributed by atoms with Gasteiger partial charge >= 0.3 is 0 Å². The molecule has 0 radical (unpaired) electrons. The standard InChI is InChI=1S/C24H29NO2/c1-14-9-8-10-16-17(22(27)25-20(14)16)11-15-12-18(23(2,3)4)21(26)19(13-15)24(5,6)7/h8-13,26H,1-7H3,(H,25,27)/b17-11+. The maximum atomic E-state index is 12.6. The maximum absolute atomic E-state index is 12.6. The normalized spacial score (nSPS) is 15.8. The molecular weight excluding hydrogens is 334 g/mol. The molecule has 1 heterocycles. The van der Waals surface area contributed by atoms with Crippen LogP contribution in [-0.2, 0) is 15.6 Å². The van der Waals surface area contributed by atoms with Crippen molar-refractivity contribution in [1.82, 2.24) is 0 Å². The quantitative estimate of drug-likeness (QED) is 0.630. The summed E-state index contributed by atoms with van der Waals surface area (Å²) in [4.78, 5) is 12.6. The molecule has 1 amide bonds. The van der Waals surface area contributed by atoms with Crippen molar-refractivity contribution in [2.24, 2.45) is 0 Å². The van der Waals surface area contributed by atoms with Gasteiger partial charge in [0.2, 0.25) is 0 Å². The van der Waals surface area contributed by atoms with Crippen molar-refractivity contribution in [3.8, 4) is 5.75 Å². The lowest BCUT2D eigenvalue weighted by molar-refractivity contribution is -0.110. The van der Waals surface area contributed by atoms with Crippen LogP contribution in [0.25, 0.3) is 11.6 Å². The molecule has 1 aliphatic rings. The first-order valence-electron chi connectivity index (χ1n) is 9.40. The first-order valence-corrected chi connectivity index (χ1v) is 9.40. The summed E-state index contributed by atoms with van der Waals surface area (Å²) in [5.74, 6) is 0.270. The smallest absolute Gasteiger partial charge is 0.256 e. The van der Waals surface area contributed by atoms with Gasteiger partial charge in [-0.25, -0.2) is 0 Å². The second-order valence-corrected chi connectivity index (χ2v) is 9.47. The number of carbonyl (C=O) groups is 1. The SMILES string of the molecule is Cc1cccc2c1NC(=O)/C2=C/c1cc(C(C)(C)C)c(O)c(C(C)(C)C)c1. The van der Waals surface area contributed by atoms with E-state index in [1.165, 1.54) is 0 Å². The number of phenols is 1. The van der Waals surface area contributed by atoms with Crippen molar-refractivity contribution in [2.75, 3.05) is 5.32 Å². The van der Waals surface area contributed by atoms with Crippen LogP contribution in [0, 0.1) is 6.92 Å². The van der Waals surface area contributed by atoms with E-state index in [1.54, 1.807) is 0 Å². The van der Waals surface area contributed by atoms with Crippen molar-refractivity contribution in [3.05, 3.63) is 58.1 Å². The van der Waals surface area contributed by atoms with Gasteiger partial charge in [0, 0.05) is 22.3 Å². The Morgan fingerprint density at radius 1 is 0.963 bits per heavy atom. The summed E-state index contributed by atoms with van der Waals surface area (Å²) in [7, 11) is 0. The second-order valence-electron chi connectivity index (χ2n) is 9.47. The molecule has 142 valence electrons. The van der Waals surface area contributed by atoms with Crippen LogP contribution in [0.15, 0.2) is 30.3 Å². The summed E-state index contributed by atoms with van der Waals surface area (Å²) in [5.41, 5.74) is 5.86. The topological polar surface area (TPSA) is 49.3 Å². The molecule has 0 bridgehead atoms. The van der Waals surface area contributed by atoms with E-state index in [-0.39, 0.29) is 16.7 Å². The van der Waals surface area contributed by atoms with Crippen LogP contribution in [-0.4, -0.2) is 11.0 Å². The van der Waals surface area contributed by atoms with Gasteiger partial charge in [-0.1, -0.05) is 59.7 Å². The highest BCUT2D eigenvalue weighted by Crippen LogP contribution is 2.41. The maximum Gasteiger partial charge on any atom is 0.256 e. The third-order valence-electron chi connectivity index (χ3n) is 5.11. The van der Waals surface area contributed by atoms with Gasteiger partial charge in [-0.2, -0.15) is 0 Å². The van der Waals surface area contributed by atoms with Crippen molar-refractivity contribution < 1.29 is 9.90 Å². The zero-order valence-corrected chi connectivity index (χ0v) is 17.3. The fourth-order valence-electron chi connectivity index (χ4n) is 3.55. The molecule has 0 aromatic heterocycles. The van der Waals surface area contributed by atoms with E-state index in [2.05, 4.69) is 46.9 Å². The predicted molar refractivity (Wildman–Crippen MR) is 113 cm³/mol. The number of hydrogen-bond donors (Lipinski definition) is 2. The highest BCUT2D eigenvalue weighted by molar-refractivity contribution is 6.35. The number of amides is 1. The molecule has 0 saturated carbocycles. The lowest BCUT2D eigenvalue weighted by Gasteiger charge is -2.28. The summed E-state index contributed by atoms with van der Waals surface area (Å²) >= 11 is 0. The van der Waals surface area contributed by atoms with Crippen molar-refractivity contribution >= 4 is 23.2 Å². The number of aromatic hydroxyl groups is 1. The minimum Gasteiger partial charge on any atom is -0.507 e. The highest BCUT2D eigenvalue weighted by atomic mass is 16.3. The molecule has 3 rings (SSSR count). The number of phenolic OH excluding ortho intramolecular Hbond substituents is 1. The Labute approximate surface area is 162 Å². The van der Waals surface area contributed by atoms with Gasteiger partial charge in [0.25, 0.3) is 5.91 Å². The van der Waals surface area contributed by atoms with Gasteiger partial charge in [0.15, 0.2) is 0 Å². The van der Waals surface area contributed by atoms with Gasteiger partial charge in [-0.15, -0.1) is 0 Å². The Morgan fingerprint density at radius 2 is 1.52 bits per heavy atom. The molecule has 0 fully saturated rings. The van der Waals surface area contributed by atoms with Crippen LogP contribution in [0.3, 0.4) is 0 Å². The zero-order valence-electron chi connectivity index (χ0n) is 17.3. The molecular formula is C24H29NO2. The number of fused-ring (bicyclic) bond motifs is 1. The number of benzene rings is 2. The van der Waals surface area contributed by atoms with E-state index in [1.807, 2.05) is 43.3 Å². The molecule has 0 saturated heterocycles. The first-order chi connectivity index (χ1) is 12.4. The van der Waals surface area contributed by atoms with Crippen molar-refractivity contribution in [2.45, 2.75) is 59.3 Å². The van der Waals surface area contributed by atoms with Crippen molar-refractivity contribution in [1.29, 1.82) is 0 Å². The number of nitrogens with one attached hydrogen (secondary N) is 1. The molecule has 1 aliphatic heterocycles. The number of aryl methyl sites for hydroxylation is 1. The first kappa shape index (κ1) is 19.2. The molecule has 0 unspecified atom stereocenters. The van der Waals surface area contributed by atoms with Crippen LogP contribution in [0.5, 0.6) is 5.75 Å². The van der Waals surface area contributed by atoms with Crippen LogP contribution in [0.1, 0.15) is 69.4 Å². The molecule has 3 nitrogen and oxygen atoms in total. The number of hydrogen-bond acceptors (Lipinski definition) is 2. The van der Waals surface area contributed by atoms with Crippen LogP contribution >= 0.6 is 0 Å². The summed E-state index contributed by atoms with van der Waals surface area (Å²) < 4.78 is 0. The largest absolute Gasteiger partial charge is 0.507 e. The van der Waals surface area contributed by atoms with Gasteiger partial charge in [-0.05, 0) is 47.1 Å². The average molecular weight is 364 g/mol. The number of anilines is 1. The molecule has 2 aromatic rings. The number of para-hydroxylation sites is 1. The van der Waals surface area contributed by atoms with Crippen LogP contribution in [0.2, 0.25) is 0 Å². The van der Waals surface area contributed by atoms with Gasteiger partial charge < -0.3 is 10.4 Å². The molecule has 2 aromatic carbocycles. The zero-order chi connectivity index (χ0) is 20.1. The second kappa shape index (κ2) is 6.26. The van der Waals surface area contributed by atoms with E-state index in [4.69, 9.17) is 0 Å². The van der Waals surface area contributed by atoms with Crippen LogP contribution < -0.4 is 5.32 Å². The minimum atomic E-state index is -0.203. The van der Waals surface area contributed by atoms with Gasteiger partial charge in [-0.3, -0.25) is 4.79 Å².